The van der Waals surface area contributed by atoms with E-state index in [9.17, 15) is 4.79 Å². The highest BCUT2D eigenvalue weighted by molar-refractivity contribution is 5.80. The molecule has 0 bridgehead atoms. The summed E-state index contributed by atoms with van der Waals surface area (Å²) in [6.07, 6.45) is 3.82. The van der Waals surface area contributed by atoms with Gasteiger partial charge in [0.1, 0.15) is 0 Å². The fourth-order valence-corrected chi connectivity index (χ4v) is 2.60. The number of anilines is 3. The van der Waals surface area contributed by atoms with Crippen molar-refractivity contribution >= 4 is 23.0 Å². The fraction of sp³-hybridized carbons (Fsp3) is 0.533. The maximum atomic E-state index is 11.6. The minimum Gasteiger partial charge on any atom is -0.466 e. The second kappa shape index (κ2) is 6.50. The lowest BCUT2D eigenvalue weighted by Crippen LogP contribution is -2.30. The first-order valence-corrected chi connectivity index (χ1v) is 7.20. The van der Waals surface area contributed by atoms with Crippen molar-refractivity contribution in [2.45, 2.75) is 32.6 Å². The van der Waals surface area contributed by atoms with Crippen LogP contribution in [0.25, 0.3) is 0 Å². The van der Waals surface area contributed by atoms with Crippen LogP contribution in [0.5, 0.6) is 0 Å². The van der Waals surface area contributed by atoms with Crippen LogP contribution in [0.3, 0.4) is 0 Å². The summed E-state index contributed by atoms with van der Waals surface area (Å²) < 4.78 is 4.98. The third-order valence-corrected chi connectivity index (χ3v) is 3.63. The molecule has 110 valence electrons. The second-order valence-corrected chi connectivity index (χ2v) is 5.14. The smallest absolute Gasteiger partial charge is 0.310 e. The van der Waals surface area contributed by atoms with Gasteiger partial charge in [0.05, 0.1) is 24.4 Å². The van der Waals surface area contributed by atoms with Crippen molar-refractivity contribution in [1.29, 1.82) is 0 Å². The number of hydrogen-bond donors (Lipinski definition) is 2. The molecule has 0 unspecified atom stereocenters. The molecule has 1 fully saturated rings. The molecule has 1 aliphatic rings. The van der Waals surface area contributed by atoms with Crippen LogP contribution in [-0.4, -0.2) is 25.7 Å². The molecule has 1 aliphatic heterocycles. The monoisotopic (exact) mass is 277 g/mol. The topological polar surface area (TPSA) is 81.6 Å². The molecule has 5 heteroatoms. The van der Waals surface area contributed by atoms with Crippen molar-refractivity contribution in [3.05, 3.63) is 17.7 Å². The molecule has 1 aromatic rings. The van der Waals surface area contributed by atoms with E-state index in [2.05, 4.69) is 4.90 Å². The molecule has 1 heterocycles. The van der Waals surface area contributed by atoms with Gasteiger partial charge in [-0.05, 0) is 43.9 Å². The van der Waals surface area contributed by atoms with Gasteiger partial charge in [0.15, 0.2) is 0 Å². The Labute approximate surface area is 119 Å². The van der Waals surface area contributed by atoms with Gasteiger partial charge in [-0.2, -0.15) is 0 Å². The SMILES string of the molecule is CCOC(=O)Cc1cc(N2CCCCC2)c(N)cc1N. The van der Waals surface area contributed by atoms with E-state index in [0.29, 0.717) is 18.0 Å². The van der Waals surface area contributed by atoms with Crippen molar-refractivity contribution in [2.75, 3.05) is 36.1 Å². The Hall–Kier alpha value is -1.91. The largest absolute Gasteiger partial charge is 0.466 e. The standard InChI is InChI=1S/C15H23N3O2/c1-2-20-15(19)9-11-8-14(13(17)10-12(11)16)18-6-4-3-5-7-18/h8,10H,2-7,9,16-17H2,1H3. The Morgan fingerprint density at radius 3 is 2.55 bits per heavy atom. The molecule has 1 saturated heterocycles. The van der Waals surface area contributed by atoms with E-state index >= 15 is 0 Å². The number of ether oxygens (including phenoxy) is 1. The number of hydrogen-bond acceptors (Lipinski definition) is 5. The first kappa shape index (κ1) is 14.5. The Kier molecular flexibility index (Phi) is 4.71. The third-order valence-electron chi connectivity index (χ3n) is 3.63. The van der Waals surface area contributed by atoms with Crippen LogP contribution in [-0.2, 0) is 16.0 Å². The highest BCUT2D eigenvalue weighted by atomic mass is 16.5. The average Bonchev–Trinajstić information content (AvgIpc) is 2.43. The average molecular weight is 277 g/mol. The highest BCUT2D eigenvalue weighted by Crippen LogP contribution is 2.31. The quantitative estimate of drug-likeness (QED) is 0.649. The van der Waals surface area contributed by atoms with Crippen LogP contribution in [0.4, 0.5) is 17.1 Å². The lowest BCUT2D eigenvalue weighted by Gasteiger charge is -2.30. The zero-order valence-electron chi connectivity index (χ0n) is 12.0. The molecule has 0 radical (unpaired) electrons. The first-order valence-electron chi connectivity index (χ1n) is 7.20. The molecule has 20 heavy (non-hydrogen) atoms. The lowest BCUT2D eigenvalue weighted by atomic mass is 10.0. The van der Waals surface area contributed by atoms with Crippen molar-refractivity contribution in [2.24, 2.45) is 0 Å². The summed E-state index contributed by atoms with van der Waals surface area (Å²) in [4.78, 5) is 13.9. The summed E-state index contributed by atoms with van der Waals surface area (Å²) in [6, 6.07) is 3.69. The Balaban J connectivity index is 2.22. The van der Waals surface area contributed by atoms with Crippen LogP contribution in [0.1, 0.15) is 31.7 Å². The summed E-state index contributed by atoms with van der Waals surface area (Å²) in [7, 11) is 0. The molecule has 5 nitrogen and oxygen atoms in total. The molecule has 1 aromatic carbocycles. The molecular weight excluding hydrogens is 254 g/mol. The van der Waals surface area contributed by atoms with Gasteiger partial charge >= 0.3 is 5.97 Å². The summed E-state index contributed by atoms with van der Waals surface area (Å²) in [5.74, 6) is -0.256. The Bertz CT molecular complexity index is 482. The number of nitrogens with zero attached hydrogens (tertiary/aromatic N) is 1. The van der Waals surface area contributed by atoms with Crippen LogP contribution in [0, 0.1) is 0 Å². The first-order chi connectivity index (χ1) is 9.61. The summed E-state index contributed by atoms with van der Waals surface area (Å²) >= 11 is 0. The van der Waals surface area contributed by atoms with E-state index in [1.54, 1.807) is 13.0 Å². The molecule has 4 N–H and O–H groups in total. The van der Waals surface area contributed by atoms with Gasteiger partial charge in [0.25, 0.3) is 0 Å². The number of piperidine rings is 1. The number of esters is 1. The van der Waals surface area contributed by atoms with Gasteiger partial charge in [-0.15, -0.1) is 0 Å². The number of nitrogens with two attached hydrogens (primary N) is 2. The van der Waals surface area contributed by atoms with Crippen molar-refractivity contribution in [3.8, 4) is 0 Å². The van der Waals surface area contributed by atoms with Crippen molar-refractivity contribution in [3.63, 3.8) is 0 Å². The van der Waals surface area contributed by atoms with E-state index in [4.69, 9.17) is 16.2 Å². The highest BCUT2D eigenvalue weighted by Gasteiger charge is 2.17. The number of carbonyl (C=O) groups is 1. The molecule has 0 saturated carbocycles. The maximum absolute atomic E-state index is 11.6. The zero-order valence-corrected chi connectivity index (χ0v) is 12.0. The predicted octanol–water partition coefficient (Wildman–Crippen LogP) is 1.95. The van der Waals surface area contributed by atoms with Crippen LogP contribution >= 0.6 is 0 Å². The van der Waals surface area contributed by atoms with Gasteiger partial charge in [-0.25, -0.2) is 0 Å². The van der Waals surface area contributed by atoms with E-state index in [1.807, 2.05) is 6.07 Å². The molecule has 0 aromatic heterocycles. The number of carbonyl (C=O) groups excluding carboxylic acids is 1. The van der Waals surface area contributed by atoms with Gasteiger partial charge in [0.2, 0.25) is 0 Å². The minimum atomic E-state index is -0.256. The number of benzene rings is 1. The minimum absolute atomic E-state index is 0.195. The predicted molar refractivity (Wildman–Crippen MR) is 81.7 cm³/mol. The number of nitrogen functional groups attached to an aromatic ring is 2. The summed E-state index contributed by atoms with van der Waals surface area (Å²) in [5, 5.41) is 0. The maximum Gasteiger partial charge on any atom is 0.310 e. The van der Waals surface area contributed by atoms with E-state index in [-0.39, 0.29) is 12.4 Å². The number of rotatable bonds is 4. The van der Waals surface area contributed by atoms with Crippen molar-refractivity contribution < 1.29 is 9.53 Å². The third kappa shape index (κ3) is 3.35. The van der Waals surface area contributed by atoms with Crippen LogP contribution in [0.15, 0.2) is 12.1 Å². The molecule has 0 atom stereocenters. The van der Waals surface area contributed by atoms with Crippen LogP contribution < -0.4 is 16.4 Å². The molecule has 0 spiro atoms. The fourth-order valence-electron chi connectivity index (χ4n) is 2.60. The van der Waals surface area contributed by atoms with Gasteiger partial charge in [-0.1, -0.05) is 0 Å². The lowest BCUT2D eigenvalue weighted by molar-refractivity contribution is -0.142. The molecule has 0 aliphatic carbocycles. The van der Waals surface area contributed by atoms with Crippen molar-refractivity contribution in [1.82, 2.24) is 0 Å². The zero-order chi connectivity index (χ0) is 14.5. The molecular formula is C15H23N3O2. The van der Waals surface area contributed by atoms with Gasteiger partial charge in [-0.3, -0.25) is 4.79 Å². The Morgan fingerprint density at radius 1 is 1.20 bits per heavy atom. The van der Waals surface area contributed by atoms with E-state index in [0.717, 1.165) is 24.3 Å². The normalized spacial score (nSPS) is 15.2. The molecule has 2 rings (SSSR count). The van der Waals surface area contributed by atoms with E-state index < -0.39 is 0 Å². The van der Waals surface area contributed by atoms with Gasteiger partial charge in [0, 0.05) is 18.8 Å². The second-order valence-electron chi connectivity index (χ2n) is 5.14. The van der Waals surface area contributed by atoms with E-state index in [1.165, 1.54) is 19.3 Å². The van der Waals surface area contributed by atoms with Gasteiger partial charge < -0.3 is 21.1 Å². The van der Waals surface area contributed by atoms with Crippen LogP contribution in [0.2, 0.25) is 0 Å². The summed E-state index contributed by atoms with van der Waals surface area (Å²) in [6.45, 7) is 4.19. The Morgan fingerprint density at radius 2 is 1.90 bits per heavy atom. The molecule has 0 amide bonds. The summed E-state index contributed by atoms with van der Waals surface area (Å²) in [5.41, 5.74) is 15.0.